The van der Waals surface area contributed by atoms with E-state index in [1.807, 2.05) is 6.92 Å². The Hall–Kier alpha value is -2.67. The van der Waals surface area contributed by atoms with Crippen LogP contribution < -0.4 is 9.21 Å². The average molecular weight is 372 g/mol. The predicted molar refractivity (Wildman–Crippen MR) is 100 cm³/mol. The molecular formula is C19H20N2O4S. The van der Waals surface area contributed by atoms with Gasteiger partial charge >= 0.3 is 0 Å². The van der Waals surface area contributed by atoms with Crippen molar-refractivity contribution in [1.29, 1.82) is 0 Å². The molecule has 1 aliphatic rings. The second-order valence-electron chi connectivity index (χ2n) is 6.34. The molecule has 0 spiro atoms. The summed E-state index contributed by atoms with van der Waals surface area (Å²) >= 11 is 0. The molecule has 1 heterocycles. The first-order chi connectivity index (χ1) is 12.2. The Morgan fingerprint density at radius 2 is 1.54 bits per heavy atom. The molecule has 0 radical (unpaired) electrons. The molecule has 0 saturated carbocycles. The van der Waals surface area contributed by atoms with E-state index in [1.165, 1.54) is 42.4 Å². The molecule has 3 rings (SSSR count). The number of anilines is 2. The molecule has 2 aromatic carbocycles. The predicted octanol–water partition coefficient (Wildman–Crippen LogP) is 2.84. The number of carbonyl (C=O) groups excluding carboxylic acids is 2. The van der Waals surface area contributed by atoms with Gasteiger partial charge in [-0.25, -0.2) is 8.42 Å². The average Bonchev–Trinajstić information content (AvgIpc) is 2.60. The van der Waals surface area contributed by atoms with E-state index in [-0.39, 0.29) is 29.2 Å². The monoisotopic (exact) mass is 372 g/mol. The van der Waals surface area contributed by atoms with E-state index in [2.05, 4.69) is 0 Å². The minimum atomic E-state index is -3.82. The van der Waals surface area contributed by atoms with Crippen molar-refractivity contribution in [3.05, 3.63) is 54.1 Å². The molecule has 0 saturated heterocycles. The maximum Gasteiger partial charge on any atom is 0.264 e. The zero-order chi connectivity index (χ0) is 19.1. The van der Waals surface area contributed by atoms with E-state index in [0.717, 1.165) is 0 Å². The molecule has 0 aliphatic carbocycles. The highest BCUT2D eigenvalue weighted by atomic mass is 32.2. The molecule has 136 valence electrons. The normalized spacial score (nSPS) is 17.0. The fourth-order valence-corrected chi connectivity index (χ4v) is 4.79. The van der Waals surface area contributed by atoms with Crippen LogP contribution in [0.3, 0.4) is 0 Å². The number of hydrogen-bond donors (Lipinski definition) is 0. The van der Waals surface area contributed by atoms with Crippen LogP contribution in [0.5, 0.6) is 0 Å². The maximum absolute atomic E-state index is 13.2. The van der Waals surface area contributed by atoms with Crippen molar-refractivity contribution in [2.75, 3.05) is 15.7 Å². The molecule has 7 heteroatoms. The van der Waals surface area contributed by atoms with Gasteiger partial charge in [-0.05, 0) is 38.1 Å². The lowest BCUT2D eigenvalue weighted by Gasteiger charge is -2.40. The van der Waals surface area contributed by atoms with Crippen LogP contribution in [0.2, 0.25) is 0 Å². The Bertz CT molecular complexity index is 967. The van der Waals surface area contributed by atoms with Gasteiger partial charge in [-0.1, -0.05) is 24.3 Å². The van der Waals surface area contributed by atoms with E-state index in [1.54, 1.807) is 29.2 Å². The van der Waals surface area contributed by atoms with Gasteiger partial charge in [0.15, 0.2) is 5.78 Å². The van der Waals surface area contributed by atoms with Crippen LogP contribution in [0.25, 0.3) is 0 Å². The lowest BCUT2D eigenvalue weighted by Crippen LogP contribution is -2.51. The van der Waals surface area contributed by atoms with Gasteiger partial charge in [0.1, 0.15) is 0 Å². The van der Waals surface area contributed by atoms with Crippen molar-refractivity contribution in [1.82, 2.24) is 0 Å². The van der Waals surface area contributed by atoms with Gasteiger partial charge in [0, 0.05) is 12.5 Å². The van der Waals surface area contributed by atoms with E-state index in [0.29, 0.717) is 16.9 Å². The lowest BCUT2D eigenvalue weighted by atomic mass is 10.1. The Balaban J connectivity index is 2.09. The number of fused-ring (bicyclic) bond motifs is 1. The van der Waals surface area contributed by atoms with E-state index < -0.39 is 10.0 Å². The molecule has 2 aromatic rings. The molecule has 0 bridgehead atoms. The number of benzene rings is 2. The number of ketones is 1. The zero-order valence-corrected chi connectivity index (χ0v) is 15.7. The van der Waals surface area contributed by atoms with Gasteiger partial charge in [0.2, 0.25) is 5.91 Å². The fraction of sp³-hybridized carbons (Fsp3) is 0.263. The Morgan fingerprint density at radius 1 is 0.962 bits per heavy atom. The first-order valence-electron chi connectivity index (χ1n) is 8.26. The van der Waals surface area contributed by atoms with Crippen molar-refractivity contribution in [3.63, 3.8) is 0 Å². The molecule has 26 heavy (non-hydrogen) atoms. The number of nitrogens with zero attached hydrogens (tertiary/aromatic N) is 2. The molecule has 6 nitrogen and oxygen atoms in total. The van der Waals surface area contributed by atoms with Crippen LogP contribution in [-0.4, -0.2) is 32.7 Å². The summed E-state index contributed by atoms with van der Waals surface area (Å²) in [6.07, 6.45) is 0. The molecule has 1 aliphatic heterocycles. The summed E-state index contributed by atoms with van der Waals surface area (Å²) in [6.45, 7) is 4.88. The molecule has 1 amide bonds. The molecule has 0 aromatic heterocycles. The summed E-state index contributed by atoms with van der Waals surface area (Å²) in [7, 11) is -3.82. The van der Waals surface area contributed by atoms with Gasteiger partial charge in [-0.15, -0.1) is 0 Å². The number of hydrogen-bond acceptors (Lipinski definition) is 4. The van der Waals surface area contributed by atoms with Gasteiger partial charge < -0.3 is 4.90 Å². The number of sulfonamides is 1. The van der Waals surface area contributed by atoms with Gasteiger partial charge in [0.05, 0.1) is 28.9 Å². The highest BCUT2D eigenvalue weighted by Gasteiger charge is 2.36. The molecule has 0 fully saturated rings. The quantitative estimate of drug-likeness (QED) is 0.777. The third kappa shape index (κ3) is 2.99. The maximum atomic E-state index is 13.2. The summed E-state index contributed by atoms with van der Waals surface area (Å²) in [5.41, 5.74) is 1.50. The van der Waals surface area contributed by atoms with Crippen LogP contribution in [0.15, 0.2) is 53.4 Å². The Morgan fingerprint density at radius 3 is 2.08 bits per heavy atom. The summed E-state index contributed by atoms with van der Waals surface area (Å²) < 4.78 is 27.7. The van der Waals surface area contributed by atoms with Crippen LogP contribution in [0, 0.1) is 0 Å². The Kier molecular flexibility index (Phi) is 4.58. The van der Waals surface area contributed by atoms with Crippen molar-refractivity contribution >= 4 is 33.1 Å². The second-order valence-corrected chi connectivity index (χ2v) is 8.21. The smallest absolute Gasteiger partial charge is 0.264 e. The SMILES string of the molecule is CC(=O)c1ccc(S(=O)(=O)N2CC(C)N(C(C)=O)c3ccccc32)cc1. The van der Waals surface area contributed by atoms with Crippen LogP contribution >= 0.6 is 0 Å². The van der Waals surface area contributed by atoms with Crippen LogP contribution in [0.4, 0.5) is 11.4 Å². The summed E-state index contributed by atoms with van der Waals surface area (Å²) in [5.74, 6) is -0.254. The topological polar surface area (TPSA) is 74.8 Å². The number of amides is 1. The van der Waals surface area contributed by atoms with E-state index in [9.17, 15) is 18.0 Å². The van der Waals surface area contributed by atoms with E-state index >= 15 is 0 Å². The largest absolute Gasteiger partial charge is 0.306 e. The number of carbonyl (C=O) groups is 2. The highest BCUT2D eigenvalue weighted by molar-refractivity contribution is 7.92. The van der Waals surface area contributed by atoms with Crippen molar-refractivity contribution in [2.24, 2.45) is 0 Å². The minimum absolute atomic E-state index is 0.112. The summed E-state index contributed by atoms with van der Waals surface area (Å²) in [5, 5.41) is 0. The zero-order valence-electron chi connectivity index (χ0n) is 14.8. The van der Waals surface area contributed by atoms with Gasteiger partial charge in [-0.2, -0.15) is 0 Å². The van der Waals surface area contributed by atoms with Crippen molar-refractivity contribution < 1.29 is 18.0 Å². The van der Waals surface area contributed by atoms with Crippen LogP contribution in [0.1, 0.15) is 31.1 Å². The second kappa shape index (κ2) is 6.57. The van der Waals surface area contributed by atoms with Gasteiger partial charge in [-0.3, -0.25) is 13.9 Å². The number of Topliss-reactive ketones (excluding diaryl/α,β-unsaturated/α-hetero) is 1. The number of rotatable bonds is 3. The molecule has 0 N–H and O–H groups in total. The summed E-state index contributed by atoms with van der Waals surface area (Å²) in [6, 6.07) is 12.6. The van der Waals surface area contributed by atoms with Crippen LogP contribution in [-0.2, 0) is 14.8 Å². The first kappa shape index (κ1) is 18.1. The van der Waals surface area contributed by atoms with Gasteiger partial charge in [0.25, 0.3) is 10.0 Å². The molecular weight excluding hydrogens is 352 g/mol. The molecule has 1 unspecified atom stereocenters. The molecule has 1 atom stereocenters. The summed E-state index contributed by atoms with van der Waals surface area (Å²) in [4.78, 5) is 25.2. The standard InChI is InChI=1S/C19H20N2O4S/c1-13-12-20(18-6-4-5-7-19(18)21(13)15(3)23)26(24,25)17-10-8-16(9-11-17)14(2)22/h4-11,13H,12H2,1-3H3. The Labute approximate surface area is 153 Å². The third-order valence-corrected chi connectivity index (χ3v) is 6.26. The first-order valence-corrected chi connectivity index (χ1v) is 9.70. The van der Waals surface area contributed by atoms with Crippen molar-refractivity contribution in [2.45, 2.75) is 31.7 Å². The lowest BCUT2D eigenvalue weighted by molar-refractivity contribution is -0.117. The minimum Gasteiger partial charge on any atom is -0.306 e. The third-order valence-electron chi connectivity index (χ3n) is 4.47. The van der Waals surface area contributed by atoms with Crippen molar-refractivity contribution in [3.8, 4) is 0 Å². The highest BCUT2D eigenvalue weighted by Crippen LogP contribution is 2.38. The fourth-order valence-electron chi connectivity index (χ4n) is 3.23. The van der Waals surface area contributed by atoms with E-state index in [4.69, 9.17) is 0 Å². The number of para-hydroxylation sites is 2.